The Labute approximate surface area is 123 Å². The zero-order valence-corrected chi connectivity index (χ0v) is 12.9. The van der Waals surface area contributed by atoms with Gasteiger partial charge in [0.05, 0.1) is 0 Å². The Balaban J connectivity index is 1.86. The molecule has 1 fully saturated rings. The summed E-state index contributed by atoms with van der Waals surface area (Å²) in [5, 5.41) is 0. The third-order valence-electron chi connectivity index (χ3n) is 4.45. The van der Waals surface area contributed by atoms with Gasteiger partial charge in [-0.2, -0.15) is 0 Å². The quantitative estimate of drug-likeness (QED) is 0.754. The molecule has 1 saturated carbocycles. The molecule has 2 nitrogen and oxygen atoms in total. The van der Waals surface area contributed by atoms with Crippen LogP contribution >= 0.6 is 15.9 Å². The molecule has 1 atom stereocenters. The van der Waals surface area contributed by atoms with Crippen LogP contribution in [0.25, 0.3) is 0 Å². The van der Waals surface area contributed by atoms with Crippen LogP contribution in [0.1, 0.15) is 44.6 Å². The van der Waals surface area contributed by atoms with Crippen molar-refractivity contribution in [1.82, 2.24) is 0 Å². The lowest BCUT2D eigenvalue weighted by Crippen LogP contribution is -2.40. The Kier molecular flexibility index (Phi) is 3.66. The first kappa shape index (κ1) is 13.2. The number of anilines is 1. The number of benzene rings is 1. The van der Waals surface area contributed by atoms with Crippen LogP contribution in [0.3, 0.4) is 0 Å². The van der Waals surface area contributed by atoms with E-state index in [2.05, 4.69) is 39.9 Å². The Morgan fingerprint density at radius 3 is 2.74 bits per heavy atom. The van der Waals surface area contributed by atoms with Gasteiger partial charge in [0, 0.05) is 22.1 Å². The average Bonchev–Trinajstić information content (AvgIpc) is 2.74. The molecular formula is C16H20BrNO. The second-order valence-corrected chi connectivity index (χ2v) is 6.79. The van der Waals surface area contributed by atoms with Crippen molar-refractivity contribution in [1.29, 1.82) is 0 Å². The van der Waals surface area contributed by atoms with Gasteiger partial charge in [-0.25, -0.2) is 0 Å². The van der Waals surface area contributed by atoms with Crippen LogP contribution in [0.15, 0.2) is 22.7 Å². The van der Waals surface area contributed by atoms with Crippen molar-refractivity contribution in [3.8, 4) is 0 Å². The van der Waals surface area contributed by atoms with Gasteiger partial charge < -0.3 is 4.90 Å². The fourth-order valence-electron chi connectivity index (χ4n) is 3.48. The van der Waals surface area contributed by atoms with Gasteiger partial charge in [0.15, 0.2) is 0 Å². The second kappa shape index (κ2) is 5.28. The number of carbonyl (C=O) groups is 1. The number of halogens is 1. The normalized spacial score (nSPS) is 23.5. The molecule has 1 aromatic rings. The van der Waals surface area contributed by atoms with Crippen LogP contribution in [-0.4, -0.2) is 11.9 Å². The molecule has 1 aliphatic carbocycles. The fraction of sp³-hybridized carbons (Fsp3) is 0.562. The number of amides is 1. The van der Waals surface area contributed by atoms with Gasteiger partial charge in [-0.1, -0.05) is 35.2 Å². The molecule has 0 unspecified atom stereocenters. The highest BCUT2D eigenvalue weighted by Crippen LogP contribution is 2.37. The third-order valence-corrected chi connectivity index (χ3v) is 4.94. The van der Waals surface area contributed by atoms with Crippen LogP contribution < -0.4 is 4.90 Å². The van der Waals surface area contributed by atoms with Crippen molar-refractivity contribution in [2.45, 2.75) is 51.5 Å². The van der Waals surface area contributed by atoms with Gasteiger partial charge in [-0.05, 0) is 49.9 Å². The summed E-state index contributed by atoms with van der Waals surface area (Å²) in [6, 6.07) is 6.58. The van der Waals surface area contributed by atoms with Crippen LogP contribution in [0.2, 0.25) is 0 Å². The largest absolute Gasteiger partial charge is 0.309 e. The van der Waals surface area contributed by atoms with Crippen molar-refractivity contribution in [2.75, 3.05) is 4.90 Å². The van der Waals surface area contributed by atoms with E-state index >= 15 is 0 Å². The summed E-state index contributed by atoms with van der Waals surface area (Å²) in [4.78, 5) is 14.8. The molecule has 19 heavy (non-hydrogen) atoms. The molecule has 0 spiro atoms. The van der Waals surface area contributed by atoms with Crippen molar-refractivity contribution in [3.63, 3.8) is 0 Å². The van der Waals surface area contributed by atoms with Gasteiger partial charge in [-0.3, -0.25) is 4.79 Å². The lowest BCUT2D eigenvalue weighted by molar-refractivity contribution is -0.123. The molecule has 0 bridgehead atoms. The minimum absolute atomic E-state index is 0.255. The second-order valence-electron chi connectivity index (χ2n) is 5.87. The summed E-state index contributed by atoms with van der Waals surface area (Å²) in [6.45, 7) is 2.16. The van der Waals surface area contributed by atoms with Gasteiger partial charge in [0.1, 0.15) is 0 Å². The maximum absolute atomic E-state index is 12.8. The zero-order chi connectivity index (χ0) is 13.4. The molecule has 3 heteroatoms. The van der Waals surface area contributed by atoms with E-state index < -0.39 is 0 Å². The summed E-state index contributed by atoms with van der Waals surface area (Å²) >= 11 is 3.51. The molecule has 0 aromatic heterocycles. The van der Waals surface area contributed by atoms with E-state index in [1.54, 1.807) is 0 Å². The standard InChI is InChI=1S/C16H20BrNO/c1-11-9-13-10-14(17)7-8-15(13)18(11)16(19)12-5-3-2-4-6-12/h7-8,10-12H,2-6,9H2,1H3/t11-/m0/s1. The highest BCUT2D eigenvalue weighted by Gasteiger charge is 2.35. The fourth-order valence-corrected chi connectivity index (χ4v) is 3.89. The van der Waals surface area contributed by atoms with E-state index in [-0.39, 0.29) is 5.92 Å². The Morgan fingerprint density at radius 1 is 1.26 bits per heavy atom. The summed E-state index contributed by atoms with van der Waals surface area (Å²) < 4.78 is 1.10. The highest BCUT2D eigenvalue weighted by atomic mass is 79.9. The van der Waals surface area contributed by atoms with Crippen molar-refractivity contribution < 1.29 is 4.79 Å². The first-order chi connectivity index (χ1) is 9.16. The molecule has 1 aliphatic heterocycles. The zero-order valence-electron chi connectivity index (χ0n) is 11.4. The van der Waals surface area contributed by atoms with Crippen LogP contribution in [0, 0.1) is 5.92 Å². The van der Waals surface area contributed by atoms with E-state index in [1.807, 2.05) is 6.07 Å². The first-order valence-corrected chi connectivity index (χ1v) is 8.07. The van der Waals surface area contributed by atoms with E-state index in [0.29, 0.717) is 11.9 Å². The predicted octanol–water partition coefficient (Wildman–Crippen LogP) is 4.31. The first-order valence-electron chi connectivity index (χ1n) is 7.28. The van der Waals surface area contributed by atoms with Gasteiger partial charge in [0.2, 0.25) is 5.91 Å². The third kappa shape index (κ3) is 2.45. The lowest BCUT2D eigenvalue weighted by Gasteiger charge is -2.29. The Hall–Kier alpha value is -0.830. The minimum Gasteiger partial charge on any atom is -0.309 e. The maximum Gasteiger partial charge on any atom is 0.230 e. The molecule has 1 heterocycles. The maximum atomic E-state index is 12.8. The van der Waals surface area contributed by atoms with E-state index in [0.717, 1.165) is 29.4 Å². The summed E-state index contributed by atoms with van der Waals surface area (Å²) in [5.41, 5.74) is 2.43. The lowest BCUT2D eigenvalue weighted by atomic mass is 9.88. The predicted molar refractivity (Wildman–Crippen MR) is 81.4 cm³/mol. The number of fused-ring (bicyclic) bond motifs is 1. The van der Waals surface area contributed by atoms with Crippen LogP contribution in [-0.2, 0) is 11.2 Å². The van der Waals surface area contributed by atoms with Crippen LogP contribution in [0.5, 0.6) is 0 Å². The molecule has 2 aliphatic rings. The smallest absolute Gasteiger partial charge is 0.230 e. The molecule has 0 saturated heterocycles. The average molecular weight is 322 g/mol. The molecule has 0 N–H and O–H groups in total. The van der Waals surface area contributed by atoms with Gasteiger partial charge in [-0.15, -0.1) is 0 Å². The van der Waals surface area contributed by atoms with E-state index in [1.165, 1.54) is 24.8 Å². The number of hydrogen-bond acceptors (Lipinski definition) is 1. The van der Waals surface area contributed by atoms with E-state index in [9.17, 15) is 4.79 Å². The molecular weight excluding hydrogens is 302 g/mol. The molecule has 0 radical (unpaired) electrons. The topological polar surface area (TPSA) is 20.3 Å². The van der Waals surface area contributed by atoms with Crippen molar-refractivity contribution >= 4 is 27.5 Å². The van der Waals surface area contributed by atoms with Crippen molar-refractivity contribution in [2.24, 2.45) is 5.92 Å². The monoisotopic (exact) mass is 321 g/mol. The highest BCUT2D eigenvalue weighted by molar-refractivity contribution is 9.10. The molecule has 1 amide bonds. The summed E-state index contributed by atoms with van der Waals surface area (Å²) in [5.74, 6) is 0.610. The minimum atomic E-state index is 0.255. The molecule has 102 valence electrons. The Morgan fingerprint density at radius 2 is 2.00 bits per heavy atom. The molecule has 1 aromatic carbocycles. The van der Waals surface area contributed by atoms with E-state index in [4.69, 9.17) is 0 Å². The van der Waals surface area contributed by atoms with Crippen LogP contribution in [0.4, 0.5) is 5.69 Å². The number of hydrogen-bond donors (Lipinski definition) is 0. The number of rotatable bonds is 1. The van der Waals surface area contributed by atoms with Gasteiger partial charge in [0.25, 0.3) is 0 Å². The molecule has 3 rings (SSSR count). The number of nitrogens with zero attached hydrogens (tertiary/aromatic N) is 1. The summed E-state index contributed by atoms with van der Waals surface area (Å²) in [6.07, 6.45) is 6.86. The van der Waals surface area contributed by atoms with Gasteiger partial charge >= 0.3 is 0 Å². The number of carbonyl (C=O) groups excluding carboxylic acids is 1. The van der Waals surface area contributed by atoms with Crippen molar-refractivity contribution in [3.05, 3.63) is 28.2 Å². The Bertz CT molecular complexity index is 494. The summed E-state index contributed by atoms with van der Waals surface area (Å²) in [7, 11) is 0. The SMILES string of the molecule is C[C@H]1Cc2cc(Br)ccc2N1C(=O)C1CCCCC1.